The van der Waals surface area contributed by atoms with Crippen LogP contribution in [0.25, 0.3) is 10.2 Å². The zero-order chi connectivity index (χ0) is 23.4. The number of nitro benzene ring substituents is 1. The molecule has 9 heteroatoms. The van der Waals surface area contributed by atoms with Gasteiger partial charge in [-0.3, -0.25) is 19.7 Å². The van der Waals surface area contributed by atoms with Crippen molar-refractivity contribution in [1.29, 1.82) is 0 Å². The molecular formula is C24H19N3O5S. The summed E-state index contributed by atoms with van der Waals surface area (Å²) in [5.74, 6) is -0.601. The van der Waals surface area contributed by atoms with Gasteiger partial charge in [-0.2, -0.15) is 4.99 Å². The molecule has 0 aliphatic carbocycles. The SMILES string of the molecule is COCCn1c(=NC(=O)c2ccc(C(=O)c3ccccc3)cc2)sc2cc([N+](=O)[O-])ccc21. The van der Waals surface area contributed by atoms with Crippen molar-refractivity contribution >= 4 is 38.9 Å². The predicted octanol–water partition coefficient (Wildman–Crippen LogP) is 4.23. The topological polar surface area (TPSA) is 104 Å². The minimum Gasteiger partial charge on any atom is -0.383 e. The molecule has 1 amide bonds. The second kappa shape index (κ2) is 9.68. The van der Waals surface area contributed by atoms with Crippen LogP contribution in [0.4, 0.5) is 5.69 Å². The number of hydrogen-bond acceptors (Lipinski definition) is 6. The van der Waals surface area contributed by atoms with Gasteiger partial charge in [-0.1, -0.05) is 53.8 Å². The fourth-order valence-electron chi connectivity index (χ4n) is 3.33. The van der Waals surface area contributed by atoms with Crippen LogP contribution in [-0.4, -0.2) is 34.9 Å². The van der Waals surface area contributed by atoms with Crippen LogP contribution < -0.4 is 4.80 Å². The lowest BCUT2D eigenvalue weighted by atomic mass is 10.0. The van der Waals surface area contributed by atoms with Crippen molar-refractivity contribution in [1.82, 2.24) is 4.57 Å². The van der Waals surface area contributed by atoms with E-state index in [9.17, 15) is 19.7 Å². The number of thiazole rings is 1. The normalized spacial score (nSPS) is 11.6. The molecule has 0 aliphatic rings. The number of ketones is 1. The van der Waals surface area contributed by atoms with Gasteiger partial charge in [0.2, 0.25) is 0 Å². The number of rotatable bonds is 7. The Balaban J connectivity index is 1.67. The highest BCUT2D eigenvalue weighted by Gasteiger charge is 2.14. The molecule has 0 spiro atoms. The highest BCUT2D eigenvalue weighted by molar-refractivity contribution is 7.16. The number of methoxy groups -OCH3 is 1. The second-order valence-electron chi connectivity index (χ2n) is 7.13. The average Bonchev–Trinajstić information content (AvgIpc) is 3.18. The van der Waals surface area contributed by atoms with E-state index in [0.717, 1.165) is 5.52 Å². The summed E-state index contributed by atoms with van der Waals surface area (Å²) in [6.45, 7) is 0.825. The summed E-state index contributed by atoms with van der Waals surface area (Å²) in [5.41, 5.74) is 2.08. The van der Waals surface area contributed by atoms with Crippen LogP contribution in [0.3, 0.4) is 0 Å². The van der Waals surface area contributed by atoms with Gasteiger partial charge >= 0.3 is 0 Å². The Morgan fingerprint density at radius 2 is 1.67 bits per heavy atom. The van der Waals surface area contributed by atoms with Gasteiger partial charge in [0.15, 0.2) is 10.6 Å². The second-order valence-corrected chi connectivity index (χ2v) is 8.14. The molecule has 1 heterocycles. The third kappa shape index (κ3) is 4.79. The molecule has 0 radical (unpaired) electrons. The lowest BCUT2D eigenvalue weighted by molar-refractivity contribution is -0.384. The Hall–Kier alpha value is -3.95. The summed E-state index contributed by atoms with van der Waals surface area (Å²) in [4.78, 5) is 40.7. The number of benzene rings is 3. The van der Waals surface area contributed by atoms with Crippen molar-refractivity contribution in [3.8, 4) is 0 Å². The molecule has 1 aromatic heterocycles. The molecule has 33 heavy (non-hydrogen) atoms. The van der Waals surface area contributed by atoms with Gasteiger partial charge in [-0.25, -0.2) is 0 Å². The molecule has 8 nitrogen and oxygen atoms in total. The van der Waals surface area contributed by atoms with Gasteiger partial charge in [-0.15, -0.1) is 0 Å². The molecule has 166 valence electrons. The summed E-state index contributed by atoms with van der Waals surface area (Å²) in [5, 5.41) is 11.1. The number of nitro groups is 1. The fourth-order valence-corrected chi connectivity index (χ4v) is 4.42. The lowest BCUT2D eigenvalue weighted by Crippen LogP contribution is -2.19. The molecule has 0 fully saturated rings. The predicted molar refractivity (Wildman–Crippen MR) is 125 cm³/mol. The van der Waals surface area contributed by atoms with Crippen LogP contribution >= 0.6 is 11.3 Å². The van der Waals surface area contributed by atoms with Crippen LogP contribution in [0.1, 0.15) is 26.3 Å². The van der Waals surface area contributed by atoms with Gasteiger partial charge in [0.1, 0.15) is 0 Å². The summed E-state index contributed by atoms with van der Waals surface area (Å²) >= 11 is 1.20. The summed E-state index contributed by atoms with van der Waals surface area (Å²) in [7, 11) is 1.57. The molecule has 0 saturated carbocycles. The van der Waals surface area contributed by atoms with Gasteiger partial charge < -0.3 is 9.30 Å². The first-order valence-corrected chi connectivity index (χ1v) is 10.8. The van der Waals surface area contributed by atoms with Crippen molar-refractivity contribution in [2.24, 2.45) is 4.99 Å². The first-order valence-electron chi connectivity index (χ1n) is 10.0. The molecular weight excluding hydrogens is 442 g/mol. The Morgan fingerprint density at radius 3 is 2.33 bits per heavy atom. The van der Waals surface area contributed by atoms with Crippen LogP contribution in [0.2, 0.25) is 0 Å². The average molecular weight is 461 g/mol. The Kier molecular flexibility index (Phi) is 6.53. The highest BCUT2D eigenvalue weighted by atomic mass is 32.1. The fraction of sp³-hybridized carbons (Fsp3) is 0.125. The minimum absolute atomic E-state index is 0.0285. The first-order chi connectivity index (χ1) is 16.0. The van der Waals surface area contributed by atoms with E-state index < -0.39 is 10.8 Å². The van der Waals surface area contributed by atoms with Gasteiger partial charge in [0, 0.05) is 42.5 Å². The van der Waals surface area contributed by atoms with E-state index in [1.54, 1.807) is 66.3 Å². The standard InChI is InChI=1S/C24H19N3O5S/c1-32-14-13-26-20-12-11-19(27(30)31)15-21(20)33-24(26)25-23(29)18-9-7-17(8-10-18)22(28)16-5-3-2-4-6-16/h2-12,15H,13-14H2,1H3. The maximum atomic E-state index is 12.8. The van der Waals surface area contributed by atoms with E-state index in [1.807, 2.05) is 6.07 Å². The first kappa shape index (κ1) is 22.3. The number of ether oxygens (including phenoxy) is 1. The number of carbonyl (C=O) groups excluding carboxylic acids is 2. The van der Waals surface area contributed by atoms with Crippen molar-refractivity contribution in [3.63, 3.8) is 0 Å². The molecule has 0 N–H and O–H groups in total. The number of hydrogen-bond donors (Lipinski definition) is 0. The highest BCUT2D eigenvalue weighted by Crippen LogP contribution is 2.23. The van der Waals surface area contributed by atoms with Crippen molar-refractivity contribution in [2.45, 2.75) is 6.54 Å². The van der Waals surface area contributed by atoms with Gasteiger partial charge in [-0.05, 0) is 18.2 Å². The summed E-state index contributed by atoms with van der Waals surface area (Å²) < 4.78 is 7.61. The minimum atomic E-state index is -0.471. The number of amides is 1. The molecule has 0 atom stereocenters. The zero-order valence-electron chi connectivity index (χ0n) is 17.6. The summed E-state index contributed by atoms with van der Waals surface area (Å²) in [6, 6.07) is 19.8. The van der Waals surface area contributed by atoms with Crippen LogP contribution in [0.5, 0.6) is 0 Å². The van der Waals surface area contributed by atoms with Crippen LogP contribution in [0, 0.1) is 10.1 Å². The van der Waals surface area contributed by atoms with E-state index in [4.69, 9.17) is 4.74 Å². The number of carbonyl (C=O) groups is 2. The quantitative estimate of drug-likeness (QED) is 0.233. The van der Waals surface area contributed by atoms with Gasteiger partial charge in [0.05, 0.1) is 21.7 Å². The van der Waals surface area contributed by atoms with Gasteiger partial charge in [0.25, 0.3) is 11.6 Å². The maximum absolute atomic E-state index is 12.8. The number of aromatic nitrogens is 1. The summed E-state index contributed by atoms with van der Waals surface area (Å²) in [6.07, 6.45) is 0. The third-order valence-corrected chi connectivity index (χ3v) is 6.06. The molecule has 0 unspecified atom stereocenters. The van der Waals surface area contributed by atoms with Crippen molar-refractivity contribution in [2.75, 3.05) is 13.7 Å². The number of nitrogens with zero attached hydrogens (tertiary/aromatic N) is 3. The van der Waals surface area contributed by atoms with E-state index in [0.29, 0.717) is 39.3 Å². The molecule has 0 bridgehead atoms. The Labute approximate surface area is 192 Å². The molecule has 3 aromatic carbocycles. The largest absolute Gasteiger partial charge is 0.383 e. The smallest absolute Gasteiger partial charge is 0.279 e. The van der Waals surface area contributed by atoms with E-state index in [2.05, 4.69) is 4.99 Å². The molecule has 4 aromatic rings. The Bertz CT molecular complexity index is 1410. The van der Waals surface area contributed by atoms with E-state index in [-0.39, 0.29) is 11.5 Å². The van der Waals surface area contributed by atoms with Crippen LogP contribution in [-0.2, 0) is 11.3 Å². The molecule has 4 rings (SSSR count). The number of fused-ring (bicyclic) bond motifs is 1. The lowest BCUT2D eigenvalue weighted by Gasteiger charge is -2.04. The van der Waals surface area contributed by atoms with Crippen LogP contribution in [0.15, 0.2) is 77.8 Å². The monoisotopic (exact) mass is 461 g/mol. The zero-order valence-corrected chi connectivity index (χ0v) is 18.5. The third-order valence-electron chi connectivity index (χ3n) is 5.02. The Morgan fingerprint density at radius 1 is 1.00 bits per heavy atom. The number of non-ortho nitro benzene ring substituents is 1. The maximum Gasteiger partial charge on any atom is 0.279 e. The van der Waals surface area contributed by atoms with Crippen molar-refractivity contribution in [3.05, 3.63) is 104 Å². The van der Waals surface area contributed by atoms with Crippen molar-refractivity contribution < 1.29 is 19.2 Å². The van der Waals surface area contributed by atoms with E-state index >= 15 is 0 Å². The molecule has 0 aliphatic heterocycles. The van der Waals surface area contributed by atoms with E-state index in [1.165, 1.54) is 23.5 Å². The molecule has 0 saturated heterocycles.